The fourth-order valence-electron chi connectivity index (χ4n) is 1.44. The van der Waals surface area contributed by atoms with Gasteiger partial charge in [0, 0.05) is 19.1 Å². The summed E-state index contributed by atoms with van der Waals surface area (Å²) in [5, 5.41) is 0. The number of ether oxygens (including phenoxy) is 1. The molecule has 2 heteroatoms. The van der Waals surface area contributed by atoms with Gasteiger partial charge in [-0.1, -0.05) is 12.2 Å². The van der Waals surface area contributed by atoms with E-state index in [9.17, 15) is 0 Å². The highest BCUT2D eigenvalue weighted by atomic mass is 16.5. The Bertz CT molecular complexity index is 138. The van der Waals surface area contributed by atoms with Crippen LogP contribution in [-0.2, 0) is 4.74 Å². The van der Waals surface area contributed by atoms with Crippen molar-refractivity contribution in [3.8, 4) is 0 Å². The quantitative estimate of drug-likeness (QED) is 0.494. The summed E-state index contributed by atoms with van der Waals surface area (Å²) in [6.45, 7) is 4.08. The van der Waals surface area contributed by atoms with E-state index in [4.69, 9.17) is 4.74 Å². The van der Waals surface area contributed by atoms with Gasteiger partial charge in [0.1, 0.15) is 0 Å². The van der Waals surface area contributed by atoms with Crippen molar-refractivity contribution in [3.05, 3.63) is 12.2 Å². The zero-order valence-corrected chi connectivity index (χ0v) is 6.12. The fourth-order valence-corrected chi connectivity index (χ4v) is 1.44. The second-order valence-electron chi connectivity index (χ2n) is 2.88. The lowest BCUT2D eigenvalue weighted by Crippen LogP contribution is -2.44. The van der Waals surface area contributed by atoms with Gasteiger partial charge in [0.25, 0.3) is 0 Å². The van der Waals surface area contributed by atoms with Crippen LogP contribution in [0.2, 0.25) is 0 Å². The van der Waals surface area contributed by atoms with Crippen LogP contribution in [0.15, 0.2) is 12.2 Å². The minimum atomic E-state index is 0.740. The summed E-state index contributed by atoms with van der Waals surface area (Å²) >= 11 is 0. The first-order valence-electron chi connectivity index (χ1n) is 3.95. The van der Waals surface area contributed by atoms with Crippen molar-refractivity contribution in [2.24, 2.45) is 0 Å². The first-order chi connectivity index (χ1) is 4.97. The van der Waals surface area contributed by atoms with Gasteiger partial charge in [-0.15, -0.1) is 0 Å². The van der Waals surface area contributed by atoms with Crippen molar-refractivity contribution in [1.82, 2.24) is 4.90 Å². The monoisotopic (exact) mass is 139 g/mol. The van der Waals surface area contributed by atoms with Gasteiger partial charge in [0.05, 0.1) is 13.2 Å². The molecule has 1 unspecified atom stereocenters. The van der Waals surface area contributed by atoms with Crippen molar-refractivity contribution >= 4 is 0 Å². The average Bonchev–Trinajstić information content (AvgIpc) is 1.86. The van der Waals surface area contributed by atoms with Crippen LogP contribution in [0.25, 0.3) is 0 Å². The summed E-state index contributed by atoms with van der Waals surface area (Å²) in [6.07, 6.45) is 5.77. The van der Waals surface area contributed by atoms with Crippen LogP contribution in [0.5, 0.6) is 0 Å². The van der Waals surface area contributed by atoms with E-state index in [1.807, 2.05) is 0 Å². The average molecular weight is 139 g/mol. The van der Waals surface area contributed by atoms with Crippen LogP contribution >= 0.6 is 0 Å². The number of rotatable bonds is 1. The maximum Gasteiger partial charge on any atom is 0.0594 e. The number of hydrogen-bond donors (Lipinski definition) is 0. The summed E-state index contributed by atoms with van der Waals surface area (Å²) in [4.78, 5) is 2.49. The Morgan fingerprint density at radius 3 is 2.50 bits per heavy atom. The smallest absolute Gasteiger partial charge is 0.0594 e. The summed E-state index contributed by atoms with van der Waals surface area (Å²) in [5.74, 6) is 0. The molecule has 2 nitrogen and oxygen atoms in total. The molecule has 2 aliphatic rings. The predicted octanol–water partition coefficient (Wildman–Crippen LogP) is 0.647. The molecule has 1 atom stereocenters. The standard InChI is InChI=1S/C8H13NO/c1-2-8(3-1)9-4-6-10-7-5-9/h1-2,8H,3-7H2. The molecule has 0 aromatic rings. The summed E-state index contributed by atoms with van der Waals surface area (Å²) < 4.78 is 5.25. The second-order valence-corrected chi connectivity index (χ2v) is 2.88. The van der Waals surface area contributed by atoms with E-state index in [1.54, 1.807) is 0 Å². The largest absolute Gasteiger partial charge is 0.379 e. The SMILES string of the molecule is C1=CC(N2CCOCC2)C1. The summed E-state index contributed by atoms with van der Waals surface area (Å²) in [5.41, 5.74) is 0. The van der Waals surface area contributed by atoms with Gasteiger partial charge in [-0.05, 0) is 6.42 Å². The third-order valence-electron chi connectivity index (χ3n) is 2.25. The van der Waals surface area contributed by atoms with Gasteiger partial charge < -0.3 is 4.74 Å². The van der Waals surface area contributed by atoms with E-state index in [0.29, 0.717) is 0 Å². The van der Waals surface area contributed by atoms with Gasteiger partial charge in [0.15, 0.2) is 0 Å². The minimum Gasteiger partial charge on any atom is -0.379 e. The van der Waals surface area contributed by atoms with Crippen LogP contribution in [-0.4, -0.2) is 37.2 Å². The van der Waals surface area contributed by atoms with Crippen LogP contribution in [0.4, 0.5) is 0 Å². The van der Waals surface area contributed by atoms with Crippen molar-refractivity contribution in [2.75, 3.05) is 26.3 Å². The van der Waals surface area contributed by atoms with Crippen LogP contribution in [0.1, 0.15) is 6.42 Å². The van der Waals surface area contributed by atoms with E-state index in [2.05, 4.69) is 17.1 Å². The number of hydrogen-bond acceptors (Lipinski definition) is 2. The Kier molecular flexibility index (Phi) is 1.74. The first-order valence-corrected chi connectivity index (χ1v) is 3.95. The lowest BCUT2D eigenvalue weighted by atomic mass is 10.0. The number of nitrogens with zero attached hydrogens (tertiary/aromatic N) is 1. The normalized spacial score (nSPS) is 33.8. The third kappa shape index (κ3) is 1.09. The van der Waals surface area contributed by atoms with Gasteiger partial charge >= 0.3 is 0 Å². The van der Waals surface area contributed by atoms with E-state index in [-0.39, 0.29) is 0 Å². The molecule has 1 aliphatic heterocycles. The summed E-state index contributed by atoms with van der Waals surface area (Å²) in [7, 11) is 0. The Morgan fingerprint density at radius 1 is 1.30 bits per heavy atom. The van der Waals surface area contributed by atoms with Gasteiger partial charge in [-0.25, -0.2) is 0 Å². The molecule has 1 saturated heterocycles. The molecule has 0 aromatic carbocycles. The molecule has 56 valence electrons. The molecule has 1 fully saturated rings. The molecule has 0 N–H and O–H groups in total. The van der Waals surface area contributed by atoms with E-state index in [1.165, 1.54) is 6.42 Å². The van der Waals surface area contributed by atoms with Crippen molar-refractivity contribution in [2.45, 2.75) is 12.5 Å². The molecule has 10 heavy (non-hydrogen) atoms. The lowest BCUT2D eigenvalue weighted by molar-refractivity contribution is 0.0234. The number of morpholine rings is 1. The van der Waals surface area contributed by atoms with Gasteiger partial charge in [0.2, 0.25) is 0 Å². The van der Waals surface area contributed by atoms with Crippen molar-refractivity contribution in [1.29, 1.82) is 0 Å². The molecule has 0 bridgehead atoms. The van der Waals surface area contributed by atoms with E-state index >= 15 is 0 Å². The van der Waals surface area contributed by atoms with Crippen LogP contribution in [0, 0.1) is 0 Å². The van der Waals surface area contributed by atoms with Crippen molar-refractivity contribution in [3.63, 3.8) is 0 Å². The third-order valence-corrected chi connectivity index (χ3v) is 2.25. The lowest BCUT2D eigenvalue weighted by Gasteiger charge is -2.35. The fraction of sp³-hybridized carbons (Fsp3) is 0.750. The van der Waals surface area contributed by atoms with E-state index < -0.39 is 0 Å². The van der Waals surface area contributed by atoms with Crippen LogP contribution in [0.3, 0.4) is 0 Å². The van der Waals surface area contributed by atoms with E-state index in [0.717, 1.165) is 32.3 Å². The Balaban J connectivity index is 1.85. The maximum atomic E-state index is 5.25. The Hall–Kier alpha value is -0.340. The molecule has 0 radical (unpaired) electrons. The highest BCUT2D eigenvalue weighted by molar-refractivity contribution is 5.08. The highest BCUT2D eigenvalue weighted by Gasteiger charge is 2.20. The Morgan fingerprint density at radius 2 is 2.00 bits per heavy atom. The highest BCUT2D eigenvalue weighted by Crippen LogP contribution is 2.16. The molecule has 0 aromatic heterocycles. The molecular weight excluding hydrogens is 126 g/mol. The zero-order valence-electron chi connectivity index (χ0n) is 6.12. The Labute approximate surface area is 61.5 Å². The van der Waals surface area contributed by atoms with Gasteiger partial charge in [-0.2, -0.15) is 0 Å². The van der Waals surface area contributed by atoms with Gasteiger partial charge in [-0.3, -0.25) is 4.90 Å². The molecule has 1 aliphatic carbocycles. The summed E-state index contributed by atoms with van der Waals surface area (Å²) in [6, 6.07) is 0.740. The zero-order chi connectivity index (χ0) is 6.81. The molecule has 2 rings (SSSR count). The van der Waals surface area contributed by atoms with Crippen molar-refractivity contribution < 1.29 is 4.74 Å². The minimum absolute atomic E-state index is 0.740. The molecular formula is C8H13NO. The molecule has 0 spiro atoms. The molecule has 1 heterocycles. The molecule has 0 amide bonds. The molecule has 0 saturated carbocycles. The first kappa shape index (κ1) is 6.38. The second kappa shape index (κ2) is 2.72. The topological polar surface area (TPSA) is 12.5 Å². The maximum absolute atomic E-state index is 5.25. The van der Waals surface area contributed by atoms with Crippen LogP contribution < -0.4 is 0 Å². The predicted molar refractivity (Wildman–Crippen MR) is 39.9 cm³/mol.